The van der Waals surface area contributed by atoms with Crippen LogP contribution in [0.5, 0.6) is 0 Å². The van der Waals surface area contributed by atoms with Crippen molar-refractivity contribution in [2.24, 2.45) is 17.6 Å². The molecule has 0 saturated carbocycles. The lowest BCUT2D eigenvalue weighted by atomic mass is 9.84. The maximum Gasteiger partial charge on any atom is 0.277 e. The van der Waals surface area contributed by atoms with Gasteiger partial charge < -0.3 is 5.73 Å². The van der Waals surface area contributed by atoms with Crippen LogP contribution in [0.1, 0.15) is 22.7 Å². The molecule has 3 aliphatic rings. The van der Waals surface area contributed by atoms with Gasteiger partial charge in [0.1, 0.15) is 17.9 Å². The molecule has 0 spiro atoms. The first kappa shape index (κ1) is 16.9. The van der Waals surface area contributed by atoms with Gasteiger partial charge >= 0.3 is 0 Å². The van der Waals surface area contributed by atoms with Crippen molar-refractivity contribution < 1.29 is 19.3 Å². The molecule has 1 unspecified atom stereocenters. The number of amides is 3. The third-order valence-electron chi connectivity index (χ3n) is 6.20. The van der Waals surface area contributed by atoms with Gasteiger partial charge in [0.05, 0.1) is 12.7 Å². The maximum atomic E-state index is 13.4. The van der Waals surface area contributed by atoms with E-state index in [2.05, 4.69) is 0 Å². The molecule has 6 heteroatoms. The van der Waals surface area contributed by atoms with Crippen LogP contribution in [-0.2, 0) is 20.9 Å². The molecule has 28 heavy (non-hydrogen) atoms. The third kappa shape index (κ3) is 2.28. The lowest BCUT2D eigenvalue weighted by molar-refractivity contribution is -0.884. The minimum Gasteiger partial charge on any atom is -0.364 e. The number of nitrogens with zero attached hydrogens (tertiary/aromatic N) is 1. The number of fused-ring (bicyclic) bond motifs is 5. The zero-order valence-electron chi connectivity index (χ0n) is 15.1. The van der Waals surface area contributed by atoms with Crippen LogP contribution >= 0.6 is 0 Å². The van der Waals surface area contributed by atoms with Crippen LogP contribution in [0.2, 0.25) is 0 Å². The Morgan fingerprint density at radius 1 is 0.964 bits per heavy atom. The van der Waals surface area contributed by atoms with E-state index >= 15 is 0 Å². The first-order chi connectivity index (χ1) is 13.6. The van der Waals surface area contributed by atoms with Crippen molar-refractivity contribution in [2.45, 2.75) is 18.6 Å². The Kier molecular flexibility index (Phi) is 3.70. The van der Waals surface area contributed by atoms with Crippen LogP contribution in [-0.4, -0.2) is 28.7 Å². The third-order valence-corrected chi connectivity index (χ3v) is 6.20. The van der Waals surface area contributed by atoms with Crippen LogP contribution in [0.4, 0.5) is 0 Å². The summed E-state index contributed by atoms with van der Waals surface area (Å²) in [6.45, 7) is 0.219. The molecule has 6 nitrogen and oxygen atoms in total. The van der Waals surface area contributed by atoms with E-state index in [4.69, 9.17) is 5.73 Å². The van der Waals surface area contributed by atoms with E-state index < -0.39 is 23.8 Å². The van der Waals surface area contributed by atoms with E-state index in [9.17, 15) is 14.4 Å². The molecule has 3 N–H and O–H groups in total. The molecule has 3 amide bonds. The molecule has 0 aromatic heterocycles. The maximum absolute atomic E-state index is 13.4. The van der Waals surface area contributed by atoms with Gasteiger partial charge in [0.2, 0.25) is 11.8 Å². The highest BCUT2D eigenvalue weighted by atomic mass is 16.2. The number of benzene rings is 2. The number of nitrogens with two attached hydrogens (primary N) is 1. The summed E-state index contributed by atoms with van der Waals surface area (Å²) in [5.41, 5.74) is 8.60. The average Bonchev–Trinajstić information content (AvgIpc) is 3.18. The number of carbonyl (C=O) groups excluding carboxylic acids is 3. The molecule has 3 heterocycles. The fourth-order valence-corrected chi connectivity index (χ4v) is 5.06. The Labute approximate surface area is 162 Å². The molecule has 5 atom stereocenters. The fraction of sp³-hybridized carbons (Fsp3) is 0.227. The highest BCUT2D eigenvalue weighted by Gasteiger charge is 2.67. The van der Waals surface area contributed by atoms with Crippen molar-refractivity contribution in [3.63, 3.8) is 0 Å². The predicted octanol–water partition coefficient (Wildman–Crippen LogP) is 0.266. The van der Waals surface area contributed by atoms with Gasteiger partial charge in [-0.2, -0.15) is 0 Å². The Bertz CT molecular complexity index is 1020. The normalized spacial score (nSPS) is 30.1. The zero-order valence-corrected chi connectivity index (χ0v) is 15.1. The molecule has 0 bridgehead atoms. The Hall–Kier alpha value is -3.25. The molecule has 0 aliphatic carbocycles. The summed E-state index contributed by atoms with van der Waals surface area (Å²) in [4.78, 5) is 41.0. The number of nitrogens with one attached hydrogen (secondary N) is 1. The quantitative estimate of drug-likeness (QED) is 0.756. The van der Waals surface area contributed by atoms with Gasteiger partial charge in [-0.15, -0.1) is 0 Å². The summed E-state index contributed by atoms with van der Waals surface area (Å²) in [7, 11) is 0. The van der Waals surface area contributed by atoms with Crippen molar-refractivity contribution in [1.82, 2.24) is 4.90 Å². The zero-order chi connectivity index (χ0) is 19.4. The summed E-state index contributed by atoms with van der Waals surface area (Å²) >= 11 is 0. The second kappa shape index (κ2) is 6.14. The van der Waals surface area contributed by atoms with Gasteiger partial charge in [-0.3, -0.25) is 24.2 Å². The van der Waals surface area contributed by atoms with Crippen molar-refractivity contribution in [3.8, 4) is 0 Å². The molecule has 2 fully saturated rings. The Balaban J connectivity index is 1.58. The number of imide groups is 1. The first-order valence-corrected chi connectivity index (χ1v) is 9.40. The molecule has 2 saturated heterocycles. The minimum absolute atomic E-state index is 0.213. The van der Waals surface area contributed by atoms with E-state index in [0.717, 1.165) is 21.6 Å². The van der Waals surface area contributed by atoms with Crippen molar-refractivity contribution in [2.75, 3.05) is 0 Å². The van der Waals surface area contributed by atoms with Crippen LogP contribution in [0, 0.1) is 11.8 Å². The number of hydrogen-bond donors (Lipinski definition) is 2. The van der Waals surface area contributed by atoms with Gasteiger partial charge in [-0.05, 0) is 17.2 Å². The Morgan fingerprint density at radius 3 is 2.39 bits per heavy atom. The predicted molar refractivity (Wildman–Crippen MR) is 101 cm³/mol. The second-order valence-electron chi connectivity index (χ2n) is 7.62. The highest BCUT2D eigenvalue weighted by Crippen LogP contribution is 2.43. The van der Waals surface area contributed by atoms with Crippen molar-refractivity contribution in [1.29, 1.82) is 0 Å². The van der Waals surface area contributed by atoms with Gasteiger partial charge in [0, 0.05) is 5.56 Å². The van der Waals surface area contributed by atoms with E-state index in [1.54, 1.807) is 0 Å². The number of quaternary nitrogens is 1. The fourth-order valence-electron chi connectivity index (χ4n) is 5.06. The average molecular weight is 374 g/mol. The number of rotatable bonds is 3. The minimum atomic E-state index is -0.739. The van der Waals surface area contributed by atoms with E-state index in [1.165, 1.54) is 4.90 Å². The molecule has 0 radical (unpaired) electrons. The largest absolute Gasteiger partial charge is 0.364 e. The van der Waals surface area contributed by atoms with Gasteiger partial charge in [0.15, 0.2) is 6.04 Å². The number of hydrogen-bond acceptors (Lipinski definition) is 3. The van der Waals surface area contributed by atoms with Crippen molar-refractivity contribution >= 4 is 23.8 Å². The molecule has 3 aliphatic heterocycles. The van der Waals surface area contributed by atoms with E-state index in [1.807, 2.05) is 66.9 Å². The standard InChI is InChI=1S/C22H19N3O3/c23-20(26)19-17-16(18-15-9-5-4-8-14(15)10-11-24(18)19)21(27)25(22(17)28)12-13-6-2-1-3-7-13/h1-11,16-19H,12H2,(H2,23,26)/p+1/t16-,17+,18-,19-/m1/s1. The summed E-state index contributed by atoms with van der Waals surface area (Å²) < 4.78 is 0. The smallest absolute Gasteiger partial charge is 0.277 e. The topological polar surface area (TPSA) is 84.9 Å². The van der Waals surface area contributed by atoms with Gasteiger partial charge in [-0.1, -0.05) is 54.6 Å². The monoisotopic (exact) mass is 374 g/mol. The molecular formula is C22H20N3O3+. The van der Waals surface area contributed by atoms with Gasteiger partial charge in [0.25, 0.3) is 5.91 Å². The number of carbonyl (C=O) groups is 3. The van der Waals surface area contributed by atoms with E-state index in [-0.39, 0.29) is 24.4 Å². The summed E-state index contributed by atoms with van der Waals surface area (Å²) in [5, 5.41) is 0. The van der Waals surface area contributed by atoms with Crippen LogP contribution < -0.4 is 10.6 Å². The summed E-state index contributed by atoms with van der Waals surface area (Å²) in [6.07, 6.45) is 3.82. The SMILES string of the molecule is NC(=O)[C@H]1[C@H]2C(=O)N(Cc3ccccc3)C(=O)[C@H]2[C@H]2c3ccccc3C=C[NH+]21. The van der Waals surface area contributed by atoms with Crippen LogP contribution in [0.25, 0.3) is 6.08 Å². The molecule has 2 aromatic rings. The molecule has 140 valence electrons. The number of likely N-dealkylation sites (tertiary alicyclic amines) is 1. The summed E-state index contributed by atoms with van der Waals surface area (Å²) in [5.74, 6) is -2.34. The molecule has 5 rings (SSSR count). The first-order valence-electron chi connectivity index (χ1n) is 9.40. The lowest BCUT2D eigenvalue weighted by Crippen LogP contribution is -3.12. The molecule has 2 aromatic carbocycles. The number of primary amides is 1. The van der Waals surface area contributed by atoms with Crippen LogP contribution in [0.3, 0.4) is 0 Å². The highest BCUT2D eigenvalue weighted by molar-refractivity contribution is 6.08. The Morgan fingerprint density at radius 2 is 1.64 bits per heavy atom. The molecular weight excluding hydrogens is 354 g/mol. The van der Waals surface area contributed by atoms with E-state index in [0.29, 0.717) is 0 Å². The van der Waals surface area contributed by atoms with Gasteiger partial charge in [-0.25, -0.2) is 0 Å². The lowest BCUT2D eigenvalue weighted by Gasteiger charge is -2.30. The second-order valence-corrected chi connectivity index (χ2v) is 7.62. The van der Waals surface area contributed by atoms with Crippen molar-refractivity contribution in [3.05, 3.63) is 77.5 Å². The van der Waals surface area contributed by atoms with Crippen LogP contribution in [0.15, 0.2) is 60.8 Å². The summed E-state index contributed by atoms with van der Waals surface area (Å²) in [6, 6.07) is 16.2.